The van der Waals surface area contributed by atoms with Crippen molar-refractivity contribution < 1.29 is 0 Å². The predicted molar refractivity (Wildman–Crippen MR) is 83.1 cm³/mol. The van der Waals surface area contributed by atoms with Crippen molar-refractivity contribution in [1.29, 1.82) is 0 Å². The van der Waals surface area contributed by atoms with Gasteiger partial charge in [0.05, 0.1) is 10.0 Å². The van der Waals surface area contributed by atoms with Gasteiger partial charge in [0.2, 0.25) is 0 Å². The average molecular weight is 294 g/mol. The first kappa shape index (κ1) is 14.4. The summed E-state index contributed by atoms with van der Waals surface area (Å²) in [6.45, 7) is 2.70. The standard InChI is InChI=1S/C16H17Cl2N/c1-11-2-5-13(6-3-11)14(10-19)8-12-4-7-15(17)16(18)9-12/h2-7,9,14H,8,10,19H2,1H3. The van der Waals surface area contributed by atoms with E-state index in [0.29, 0.717) is 22.5 Å². The molecule has 0 fully saturated rings. The number of aryl methyl sites for hydroxylation is 1. The molecule has 0 saturated heterocycles. The Bertz CT molecular complexity index is 549. The minimum Gasteiger partial charge on any atom is -0.330 e. The monoisotopic (exact) mass is 293 g/mol. The van der Waals surface area contributed by atoms with Crippen molar-refractivity contribution in [2.75, 3.05) is 6.54 Å². The van der Waals surface area contributed by atoms with Gasteiger partial charge >= 0.3 is 0 Å². The fourth-order valence-corrected chi connectivity index (χ4v) is 2.45. The summed E-state index contributed by atoms with van der Waals surface area (Å²) in [6, 6.07) is 14.3. The van der Waals surface area contributed by atoms with E-state index in [2.05, 4.69) is 31.2 Å². The molecule has 0 aliphatic carbocycles. The second-order valence-corrected chi connectivity index (χ2v) is 5.61. The summed E-state index contributed by atoms with van der Waals surface area (Å²) >= 11 is 12.0. The van der Waals surface area contributed by atoms with Crippen LogP contribution >= 0.6 is 23.2 Å². The minimum atomic E-state index is 0.304. The predicted octanol–water partition coefficient (Wildman–Crippen LogP) is 4.59. The van der Waals surface area contributed by atoms with Gasteiger partial charge in [0, 0.05) is 5.92 Å². The van der Waals surface area contributed by atoms with Gasteiger partial charge in [-0.05, 0) is 43.1 Å². The molecule has 0 spiro atoms. The lowest BCUT2D eigenvalue weighted by molar-refractivity contribution is 0.694. The topological polar surface area (TPSA) is 26.0 Å². The van der Waals surface area contributed by atoms with Crippen LogP contribution in [0.2, 0.25) is 10.0 Å². The van der Waals surface area contributed by atoms with Gasteiger partial charge < -0.3 is 5.73 Å². The van der Waals surface area contributed by atoms with Gasteiger partial charge in [-0.15, -0.1) is 0 Å². The Kier molecular flexibility index (Phi) is 4.87. The molecule has 2 N–H and O–H groups in total. The lowest BCUT2D eigenvalue weighted by atomic mass is 9.91. The first-order chi connectivity index (χ1) is 9.10. The molecular weight excluding hydrogens is 277 g/mol. The Balaban J connectivity index is 2.18. The number of halogens is 2. The van der Waals surface area contributed by atoms with Gasteiger partial charge in [0.25, 0.3) is 0 Å². The second-order valence-electron chi connectivity index (χ2n) is 4.80. The molecule has 3 heteroatoms. The zero-order valence-electron chi connectivity index (χ0n) is 10.9. The average Bonchev–Trinajstić information content (AvgIpc) is 2.41. The number of hydrogen-bond acceptors (Lipinski definition) is 1. The molecule has 1 unspecified atom stereocenters. The Morgan fingerprint density at radius 1 is 1.00 bits per heavy atom. The fourth-order valence-electron chi connectivity index (χ4n) is 2.13. The smallest absolute Gasteiger partial charge is 0.0595 e. The molecule has 0 amide bonds. The number of hydrogen-bond donors (Lipinski definition) is 1. The van der Waals surface area contributed by atoms with Crippen LogP contribution in [0.5, 0.6) is 0 Å². The molecular formula is C16H17Cl2N. The maximum absolute atomic E-state index is 6.04. The number of nitrogens with two attached hydrogens (primary N) is 1. The highest BCUT2D eigenvalue weighted by Gasteiger charge is 2.11. The highest BCUT2D eigenvalue weighted by molar-refractivity contribution is 6.42. The maximum atomic E-state index is 6.04. The van der Waals surface area contributed by atoms with Crippen molar-refractivity contribution in [3.63, 3.8) is 0 Å². The Labute approximate surface area is 124 Å². The first-order valence-corrected chi connectivity index (χ1v) is 7.06. The summed E-state index contributed by atoms with van der Waals surface area (Å²) < 4.78 is 0. The van der Waals surface area contributed by atoms with Crippen LogP contribution in [0.1, 0.15) is 22.6 Å². The molecule has 0 aliphatic rings. The largest absolute Gasteiger partial charge is 0.330 e. The van der Waals surface area contributed by atoms with Gasteiger partial charge in [0.1, 0.15) is 0 Å². The molecule has 0 heterocycles. The molecule has 19 heavy (non-hydrogen) atoms. The van der Waals surface area contributed by atoms with Crippen LogP contribution < -0.4 is 5.73 Å². The Hall–Kier alpha value is -1.02. The van der Waals surface area contributed by atoms with Crippen LogP contribution in [0.4, 0.5) is 0 Å². The van der Waals surface area contributed by atoms with Crippen molar-refractivity contribution in [1.82, 2.24) is 0 Å². The van der Waals surface area contributed by atoms with Crippen LogP contribution in [0.25, 0.3) is 0 Å². The third-order valence-electron chi connectivity index (χ3n) is 3.30. The van der Waals surface area contributed by atoms with Crippen molar-refractivity contribution >= 4 is 23.2 Å². The van der Waals surface area contributed by atoms with Crippen LogP contribution in [0.15, 0.2) is 42.5 Å². The van der Waals surface area contributed by atoms with E-state index in [9.17, 15) is 0 Å². The summed E-state index contributed by atoms with van der Waals surface area (Å²) in [5.41, 5.74) is 9.58. The summed E-state index contributed by atoms with van der Waals surface area (Å²) in [4.78, 5) is 0. The zero-order valence-corrected chi connectivity index (χ0v) is 12.4. The maximum Gasteiger partial charge on any atom is 0.0595 e. The van der Waals surface area contributed by atoms with E-state index in [1.165, 1.54) is 11.1 Å². The molecule has 0 aromatic heterocycles. The van der Waals surface area contributed by atoms with E-state index in [1.807, 2.05) is 18.2 Å². The third-order valence-corrected chi connectivity index (χ3v) is 4.04. The van der Waals surface area contributed by atoms with E-state index in [0.717, 1.165) is 12.0 Å². The minimum absolute atomic E-state index is 0.304. The van der Waals surface area contributed by atoms with E-state index in [4.69, 9.17) is 28.9 Å². The molecule has 0 aliphatic heterocycles. The van der Waals surface area contributed by atoms with Gasteiger partial charge in [-0.25, -0.2) is 0 Å². The van der Waals surface area contributed by atoms with Crippen molar-refractivity contribution in [3.8, 4) is 0 Å². The van der Waals surface area contributed by atoms with Crippen LogP contribution in [0, 0.1) is 6.92 Å². The molecule has 0 bridgehead atoms. The lowest BCUT2D eigenvalue weighted by Crippen LogP contribution is -2.15. The lowest BCUT2D eigenvalue weighted by Gasteiger charge is -2.16. The third kappa shape index (κ3) is 3.73. The molecule has 1 atom stereocenters. The molecule has 2 aromatic carbocycles. The molecule has 2 aromatic rings. The number of rotatable bonds is 4. The SMILES string of the molecule is Cc1ccc(C(CN)Cc2ccc(Cl)c(Cl)c2)cc1. The molecule has 0 radical (unpaired) electrons. The van der Waals surface area contributed by atoms with Gasteiger partial charge in [-0.1, -0.05) is 59.1 Å². The molecule has 2 rings (SSSR count). The van der Waals surface area contributed by atoms with Gasteiger partial charge in [-0.2, -0.15) is 0 Å². The van der Waals surface area contributed by atoms with Crippen LogP contribution in [-0.2, 0) is 6.42 Å². The van der Waals surface area contributed by atoms with Crippen molar-refractivity contribution in [3.05, 3.63) is 69.2 Å². The molecule has 0 saturated carbocycles. The van der Waals surface area contributed by atoms with Gasteiger partial charge in [-0.3, -0.25) is 0 Å². The van der Waals surface area contributed by atoms with Crippen LogP contribution in [0.3, 0.4) is 0 Å². The summed E-state index contributed by atoms with van der Waals surface area (Å²) in [6.07, 6.45) is 0.871. The Morgan fingerprint density at radius 3 is 2.26 bits per heavy atom. The zero-order chi connectivity index (χ0) is 13.8. The highest BCUT2D eigenvalue weighted by Crippen LogP contribution is 2.26. The molecule has 1 nitrogen and oxygen atoms in total. The van der Waals surface area contributed by atoms with E-state index in [-0.39, 0.29) is 0 Å². The van der Waals surface area contributed by atoms with E-state index in [1.54, 1.807) is 0 Å². The van der Waals surface area contributed by atoms with E-state index < -0.39 is 0 Å². The summed E-state index contributed by atoms with van der Waals surface area (Å²) in [7, 11) is 0. The van der Waals surface area contributed by atoms with Crippen LogP contribution in [-0.4, -0.2) is 6.54 Å². The second kappa shape index (κ2) is 6.42. The fraction of sp³-hybridized carbons (Fsp3) is 0.250. The first-order valence-electron chi connectivity index (χ1n) is 6.30. The molecule has 100 valence electrons. The number of benzene rings is 2. The van der Waals surface area contributed by atoms with Crippen molar-refractivity contribution in [2.24, 2.45) is 5.73 Å². The Morgan fingerprint density at radius 2 is 1.68 bits per heavy atom. The quantitative estimate of drug-likeness (QED) is 0.877. The van der Waals surface area contributed by atoms with E-state index >= 15 is 0 Å². The normalized spacial score (nSPS) is 12.4. The summed E-state index contributed by atoms with van der Waals surface area (Å²) in [5.74, 6) is 0.304. The summed E-state index contributed by atoms with van der Waals surface area (Å²) in [5, 5.41) is 1.18. The highest BCUT2D eigenvalue weighted by atomic mass is 35.5. The van der Waals surface area contributed by atoms with Gasteiger partial charge in [0.15, 0.2) is 0 Å². The van der Waals surface area contributed by atoms with Crippen molar-refractivity contribution in [2.45, 2.75) is 19.3 Å².